The second-order valence-electron chi connectivity index (χ2n) is 3.85. The van der Waals surface area contributed by atoms with Crippen molar-refractivity contribution in [1.82, 2.24) is 0 Å². The van der Waals surface area contributed by atoms with Crippen molar-refractivity contribution in [2.24, 2.45) is 5.92 Å². The highest BCUT2D eigenvalue weighted by atomic mass is 16.5. The molecule has 1 atom stereocenters. The lowest BCUT2D eigenvalue weighted by atomic mass is 9.82. The van der Waals surface area contributed by atoms with Gasteiger partial charge in [0.25, 0.3) is 0 Å². The van der Waals surface area contributed by atoms with Crippen LogP contribution in [0.25, 0.3) is 0 Å². The number of rotatable bonds is 2. The molecule has 4 heteroatoms. The first-order valence-corrected chi connectivity index (χ1v) is 5.05. The van der Waals surface area contributed by atoms with Gasteiger partial charge in [-0.15, -0.1) is 0 Å². The first-order valence-electron chi connectivity index (χ1n) is 5.05. The van der Waals surface area contributed by atoms with Crippen LogP contribution in [0.2, 0.25) is 0 Å². The Morgan fingerprint density at radius 1 is 1.44 bits per heavy atom. The van der Waals surface area contributed by atoms with Crippen molar-refractivity contribution in [1.29, 1.82) is 0 Å². The fraction of sp³-hybridized carbons (Fsp3) is 0.333. The number of carbonyl (C=O) groups excluding carboxylic acids is 1. The molecule has 16 heavy (non-hydrogen) atoms. The largest absolute Gasteiger partial charge is 0.496 e. The van der Waals surface area contributed by atoms with Crippen LogP contribution in [0.4, 0.5) is 0 Å². The number of methoxy groups -OCH3 is 1. The Hall–Kier alpha value is -1.84. The highest BCUT2D eigenvalue weighted by Crippen LogP contribution is 2.32. The molecule has 0 bridgehead atoms. The summed E-state index contributed by atoms with van der Waals surface area (Å²) < 4.78 is 5.14. The first-order chi connectivity index (χ1) is 7.63. The number of carboxylic acid groups (broad SMARTS) is 1. The summed E-state index contributed by atoms with van der Waals surface area (Å²) in [7, 11) is 1.52. The number of hydrogen-bond acceptors (Lipinski definition) is 3. The number of fused-ring (bicyclic) bond motifs is 1. The van der Waals surface area contributed by atoms with E-state index in [9.17, 15) is 9.59 Å². The second kappa shape index (κ2) is 3.96. The molecule has 0 aromatic heterocycles. The lowest BCUT2D eigenvalue weighted by molar-refractivity contribution is -0.141. The number of ketones is 1. The predicted octanol–water partition coefficient (Wildman–Crippen LogP) is 1.52. The van der Waals surface area contributed by atoms with Crippen LogP contribution in [-0.2, 0) is 11.2 Å². The summed E-state index contributed by atoms with van der Waals surface area (Å²) in [6.45, 7) is 0. The van der Waals surface area contributed by atoms with E-state index in [4.69, 9.17) is 9.84 Å². The zero-order valence-corrected chi connectivity index (χ0v) is 8.90. The first kappa shape index (κ1) is 10.7. The number of aliphatic carboxylic acids is 1. The SMILES string of the molecule is COc1cccc2c1CC(C(=O)O)CC2=O. The summed E-state index contributed by atoms with van der Waals surface area (Å²) in [5, 5.41) is 8.95. The van der Waals surface area contributed by atoms with Crippen LogP contribution in [0, 0.1) is 5.92 Å². The van der Waals surface area contributed by atoms with Gasteiger partial charge in [0, 0.05) is 17.5 Å². The van der Waals surface area contributed by atoms with Gasteiger partial charge in [0.15, 0.2) is 5.78 Å². The Morgan fingerprint density at radius 2 is 2.19 bits per heavy atom. The van der Waals surface area contributed by atoms with E-state index < -0.39 is 11.9 Å². The lowest BCUT2D eigenvalue weighted by Crippen LogP contribution is -2.26. The average Bonchev–Trinajstić information content (AvgIpc) is 2.28. The van der Waals surface area contributed by atoms with Crippen LogP contribution in [0.5, 0.6) is 5.75 Å². The fourth-order valence-corrected chi connectivity index (χ4v) is 2.06. The van der Waals surface area contributed by atoms with Gasteiger partial charge in [-0.3, -0.25) is 9.59 Å². The summed E-state index contributed by atoms with van der Waals surface area (Å²) in [6, 6.07) is 5.21. The molecule has 0 radical (unpaired) electrons. The maximum absolute atomic E-state index is 11.7. The summed E-state index contributed by atoms with van der Waals surface area (Å²) >= 11 is 0. The minimum absolute atomic E-state index is 0.0789. The number of carbonyl (C=O) groups is 2. The summed E-state index contributed by atoms with van der Waals surface area (Å²) in [5.74, 6) is -1.08. The molecule has 0 amide bonds. The van der Waals surface area contributed by atoms with Gasteiger partial charge in [-0.2, -0.15) is 0 Å². The zero-order valence-electron chi connectivity index (χ0n) is 8.90. The van der Waals surface area contributed by atoms with Crippen molar-refractivity contribution < 1.29 is 19.4 Å². The molecule has 0 fully saturated rings. The highest BCUT2D eigenvalue weighted by molar-refractivity contribution is 6.01. The van der Waals surface area contributed by atoms with Gasteiger partial charge in [0.2, 0.25) is 0 Å². The molecule has 1 aliphatic carbocycles. The molecule has 0 saturated heterocycles. The quantitative estimate of drug-likeness (QED) is 0.820. The maximum Gasteiger partial charge on any atom is 0.307 e. The van der Waals surface area contributed by atoms with Crippen molar-refractivity contribution in [3.63, 3.8) is 0 Å². The molecule has 0 saturated carbocycles. The van der Waals surface area contributed by atoms with E-state index >= 15 is 0 Å². The van der Waals surface area contributed by atoms with Crippen molar-refractivity contribution in [3.8, 4) is 5.75 Å². The number of hydrogen-bond donors (Lipinski definition) is 1. The topological polar surface area (TPSA) is 63.6 Å². The molecule has 1 aromatic rings. The number of benzene rings is 1. The summed E-state index contributed by atoms with van der Waals surface area (Å²) in [4.78, 5) is 22.7. The molecule has 0 spiro atoms. The third-order valence-corrected chi connectivity index (χ3v) is 2.88. The normalized spacial score (nSPS) is 19.1. The van der Waals surface area contributed by atoms with Crippen molar-refractivity contribution in [2.45, 2.75) is 12.8 Å². The number of ether oxygens (including phenoxy) is 1. The smallest absolute Gasteiger partial charge is 0.307 e. The van der Waals surface area contributed by atoms with Gasteiger partial charge in [-0.05, 0) is 12.5 Å². The van der Waals surface area contributed by atoms with E-state index in [0.717, 1.165) is 0 Å². The molecular weight excluding hydrogens is 208 g/mol. The van der Waals surface area contributed by atoms with Gasteiger partial charge in [-0.1, -0.05) is 12.1 Å². The minimum Gasteiger partial charge on any atom is -0.496 e. The molecule has 2 rings (SSSR count). The summed E-state index contributed by atoms with van der Waals surface area (Å²) in [5.41, 5.74) is 1.31. The van der Waals surface area contributed by atoms with Crippen molar-refractivity contribution in [2.75, 3.05) is 7.11 Å². The molecule has 0 aliphatic heterocycles. The van der Waals surface area contributed by atoms with Crippen LogP contribution < -0.4 is 4.74 Å². The molecule has 84 valence electrons. The highest BCUT2D eigenvalue weighted by Gasteiger charge is 2.31. The molecule has 1 unspecified atom stereocenters. The van der Waals surface area contributed by atoms with Gasteiger partial charge >= 0.3 is 5.97 Å². The fourth-order valence-electron chi connectivity index (χ4n) is 2.06. The Kier molecular flexibility index (Phi) is 2.64. The average molecular weight is 220 g/mol. The van der Waals surface area contributed by atoms with Crippen molar-refractivity contribution in [3.05, 3.63) is 29.3 Å². The van der Waals surface area contributed by atoms with Crippen LogP contribution >= 0.6 is 0 Å². The Morgan fingerprint density at radius 3 is 2.81 bits per heavy atom. The van der Waals surface area contributed by atoms with Gasteiger partial charge in [0.05, 0.1) is 13.0 Å². The molecule has 0 heterocycles. The third kappa shape index (κ3) is 1.66. The Bertz CT molecular complexity index is 450. The molecule has 1 aliphatic rings. The molecule has 1 aromatic carbocycles. The predicted molar refractivity (Wildman–Crippen MR) is 56.8 cm³/mol. The zero-order chi connectivity index (χ0) is 11.7. The number of Topliss-reactive ketones (excluding diaryl/α,β-unsaturated/α-hetero) is 1. The van der Waals surface area contributed by atoms with Crippen LogP contribution in [0.15, 0.2) is 18.2 Å². The van der Waals surface area contributed by atoms with Crippen LogP contribution in [0.3, 0.4) is 0 Å². The molecule has 4 nitrogen and oxygen atoms in total. The van der Waals surface area contributed by atoms with E-state index in [1.807, 2.05) is 0 Å². The van der Waals surface area contributed by atoms with Crippen LogP contribution in [-0.4, -0.2) is 24.0 Å². The van der Waals surface area contributed by atoms with Crippen LogP contribution in [0.1, 0.15) is 22.3 Å². The second-order valence-corrected chi connectivity index (χ2v) is 3.85. The van der Waals surface area contributed by atoms with E-state index in [-0.39, 0.29) is 12.2 Å². The number of carboxylic acids is 1. The van der Waals surface area contributed by atoms with Crippen molar-refractivity contribution >= 4 is 11.8 Å². The third-order valence-electron chi connectivity index (χ3n) is 2.88. The maximum atomic E-state index is 11.7. The Balaban J connectivity index is 2.46. The van der Waals surface area contributed by atoms with Gasteiger partial charge < -0.3 is 9.84 Å². The van der Waals surface area contributed by atoms with Gasteiger partial charge in [0.1, 0.15) is 5.75 Å². The monoisotopic (exact) mass is 220 g/mol. The van der Waals surface area contributed by atoms with E-state index in [1.54, 1.807) is 18.2 Å². The summed E-state index contributed by atoms with van der Waals surface area (Å²) in [6.07, 6.45) is 0.440. The molecule has 1 N–H and O–H groups in total. The molecular formula is C12H12O4. The standard InChI is InChI=1S/C12H12O4/c1-16-11-4-2-3-8-9(11)5-7(12(14)15)6-10(8)13/h2-4,7H,5-6H2,1H3,(H,14,15). The van der Waals surface area contributed by atoms with Gasteiger partial charge in [-0.25, -0.2) is 0 Å². The van der Waals surface area contributed by atoms with E-state index in [0.29, 0.717) is 23.3 Å². The Labute approximate surface area is 92.8 Å². The van der Waals surface area contributed by atoms with E-state index in [1.165, 1.54) is 7.11 Å². The minimum atomic E-state index is -0.926. The van der Waals surface area contributed by atoms with E-state index in [2.05, 4.69) is 0 Å². The lowest BCUT2D eigenvalue weighted by Gasteiger charge is -2.22.